The van der Waals surface area contributed by atoms with E-state index in [-0.39, 0.29) is 5.56 Å². The molecule has 0 bridgehead atoms. The third kappa shape index (κ3) is 5.39. The van der Waals surface area contributed by atoms with Crippen LogP contribution in [0.15, 0.2) is 63.7 Å². The second-order valence-electron chi connectivity index (χ2n) is 8.58. The number of nitrogens with zero attached hydrogens (tertiary/aromatic N) is 5. The molecule has 0 radical (unpaired) electrons. The monoisotopic (exact) mass is 543 g/mol. The van der Waals surface area contributed by atoms with Gasteiger partial charge in [-0.3, -0.25) is 9.48 Å². The number of hydrogen-bond donors (Lipinski definition) is 0. The van der Waals surface area contributed by atoms with Gasteiger partial charge in [-0.05, 0) is 63.3 Å². The highest BCUT2D eigenvalue weighted by Crippen LogP contribution is 2.31. The van der Waals surface area contributed by atoms with Crippen LogP contribution < -0.4 is 10.4 Å². The van der Waals surface area contributed by atoms with Crippen molar-refractivity contribution in [1.82, 2.24) is 18.8 Å². The number of halogens is 2. The highest BCUT2D eigenvalue weighted by atomic mass is 35.5. The Balaban J connectivity index is 1.84. The molecule has 0 aliphatic carbocycles. The van der Waals surface area contributed by atoms with E-state index in [9.17, 15) is 4.79 Å². The largest absolute Gasteiger partial charge is 0.316 e. The van der Waals surface area contributed by atoms with Crippen LogP contribution in [0, 0.1) is 6.92 Å². The van der Waals surface area contributed by atoms with Gasteiger partial charge >= 0.3 is 0 Å². The number of rotatable bonds is 9. The van der Waals surface area contributed by atoms with E-state index in [1.165, 1.54) is 11.3 Å². The molecule has 2 aromatic heterocycles. The molecule has 2 heterocycles. The smallest absolute Gasteiger partial charge is 0.297 e. The molecule has 6 nitrogen and oxygen atoms in total. The van der Waals surface area contributed by atoms with Crippen molar-refractivity contribution in [3.63, 3.8) is 0 Å². The average Bonchev–Trinajstić information content (AvgIpc) is 3.37. The SMILES string of the molecule is CCN(CC)CCCn1c(-c2cc(Cl)ccc2Cl)csc1=Nc1c(C)n(C)n(-c2ccccc2)c1=O. The summed E-state index contributed by atoms with van der Waals surface area (Å²) in [4.78, 5) is 21.6. The number of thiazole rings is 1. The van der Waals surface area contributed by atoms with Crippen LogP contribution in [-0.2, 0) is 13.6 Å². The second kappa shape index (κ2) is 11.6. The average molecular weight is 545 g/mol. The van der Waals surface area contributed by atoms with E-state index in [1.807, 2.05) is 66.5 Å². The molecule has 0 fully saturated rings. The lowest BCUT2D eigenvalue weighted by atomic mass is 10.1. The molecule has 36 heavy (non-hydrogen) atoms. The Morgan fingerprint density at radius 3 is 2.47 bits per heavy atom. The first-order valence-electron chi connectivity index (χ1n) is 12.1. The van der Waals surface area contributed by atoms with Crippen molar-refractivity contribution in [2.75, 3.05) is 19.6 Å². The molecule has 190 valence electrons. The highest BCUT2D eigenvalue weighted by Gasteiger charge is 2.17. The van der Waals surface area contributed by atoms with Crippen LogP contribution >= 0.6 is 34.5 Å². The third-order valence-corrected chi connectivity index (χ3v) is 7.91. The maximum atomic E-state index is 13.5. The maximum Gasteiger partial charge on any atom is 0.297 e. The zero-order chi connectivity index (χ0) is 25.8. The molecule has 0 amide bonds. The molecule has 0 saturated heterocycles. The molecule has 0 atom stereocenters. The Morgan fingerprint density at radius 1 is 1.06 bits per heavy atom. The minimum atomic E-state index is -0.147. The van der Waals surface area contributed by atoms with E-state index in [4.69, 9.17) is 28.2 Å². The van der Waals surface area contributed by atoms with E-state index >= 15 is 0 Å². The van der Waals surface area contributed by atoms with Gasteiger partial charge < -0.3 is 9.47 Å². The van der Waals surface area contributed by atoms with E-state index in [0.717, 1.165) is 60.0 Å². The first-order chi connectivity index (χ1) is 17.3. The lowest BCUT2D eigenvalue weighted by molar-refractivity contribution is 0.293. The lowest BCUT2D eigenvalue weighted by Crippen LogP contribution is -2.26. The summed E-state index contributed by atoms with van der Waals surface area (Å²) in [5.41, 5.74) is 3.70. The second-order valence-corrected chi connectivity index (χ2v) is 10.3. The molecule has 0 aliphatic heterocycles. The maximum absolute atomic E-state index is 13.5. The Kier molecular flexibility index (Phi) is 8.57. The van der Waals surface area contributed by atoms with Crippen LogP contribution in [0.2, 0.25) is 10.0 Å². The standard InChI is InChI=1S/C27H31Cl2N5OS/c1-5-32(6-2)15-10-16-33-24(22-17-20(28)13-14-23(22)29)18-36-27(33)30-25-19(3)31(4)34(26(25)35)21-11-8-7-9-12-21/h7-9,11-14,17-18H,5-6,10,15-16H2,1-4H3. The van der Waals surface area contributed by atoms with E-state index in [1.54, 1.807) is 10.7 Å². The van der Waals surface area contributed by atoms with E-state index in [0.29, 0.717) is 15.7 Å². The molecule has 4 rings (SSSR count). The fourth-order valence-electron chi connectivity index (χ4n) is 4.32. The molecule has 0 N–H and O–H groups in total. The number of hydrogen-bond acceptors (Lipinski definition) is 4. The van der Waals surface area contributed by atoms with Crippen molar-refractivity contribution in [3.05, 3.63) is 84.8 Å². The molecule has 9 heteroatoms. The fourth-order valence-corrected chi connectivity index (χ4v) is 5.63. The van der Waals surface area contributed by atoms with Crippen molar-refractivity contribution in [2.24, 2.45) is 12.0 Å². The van der Waals surface area contributed by atoms with Crippen molar-refractivity contribution in [2.45, 2.75) is 33.7 Å². The normalized spacial score (nSPS) is 12.1. The van der Waals surface area contributed by atoms with Crippen molar-refractivity contribution < 1.29 is 0 Å². The Bertz CT molecular complexity index is 1460. The molecule has 0 unspecified atom stereocenters. The first-order valence-corrected chi connectivity index (χ1v) is 13.7. The summed E-state index contributed by atoms with van der Waals surface area (Å²) in [6.45, 7) is 10.0. The number of benzene rings is 2. The summed E-state index contributed by atoms with van der Waals surface area (Å²) in [6.07, 6.45) is 0.943. The van der Waals surface area contributed by atoms with Gasteiger partial charge in [0.15, 0.2) is 10.5 Å². The summed E-state index contributed by atoms with van der Waals surface area (Å²) in [7, 11) is 1.88. The molecular weight excluding hydrogens is 513 g/mol. The quantitative estimate of drug-likeness (QED) is 0.249. The summed E-state index contributed by atoms with van der Waals surface area (Å²) >= 11 is 14.4. The van der Waals surface area contributed by atoms with Gasteiger partial charge in [-0.2, -0.15) is 0 Å². The molecule has 0 spiro atoms. The van der Waals surface area contributed by atoms with Crippen molar-refractivity contribution in [1.29, 1.82) is 0 Å². The number of aromatic nitrogens is 3. The molecule has 0 aliphatic rings. The van der Waals surface area contributed by atoms with Gasteiger partial charge in [0.05, 0.1) is 22.1 Å². The van der Waals surface area contributed by atoms with Gasteiger partial charge in [0, 0.05) is 29.6 Å². The molecule has 4 aromatic rings. The predicted octanol–water partition coefficient (Wildman–Crippen LogP) is 6.29. The van der Waals surface area contributed by atoms with Crippen molar-refractivity contribution >= 4 is 40.2 Å². The molecule has 2 aromatic carbocycles. The minimum Gasteiger partial charge on any atom is -0.316 e. The summed E-state index contributed by atoms with van der Waals surface area (Å²) in [6, 6.07) is 15.1. The topological polar surface area (TPSA) is 47.5 Å². The third-order valence-electron chi connectivity index (χ3n) is 6.48. The predicted molar refractivity (Wildman–Crippen MR) is 151 cm³/mol. The highest BCUT2D eigenvalue weighted by molar-refractivity contribution is 7.07. The van der Waals surface area contributed by atoms with Gasteiger partial charge in [-0.15, -0.1) is 11.3 Å². The zero-order valence-electron chi connectivity index (χ0n) is 21.0. The van der Waals surface area contributed by atoms with Gasteiger partial charge in [-0.25, -0.2) is 9.67 Å². The Hall–Kier alpha value is -2.58. The van der Waals surface area contributed by atoms with Crippen LogP contribution in [0.5, 0.6) is 0 Å². The fraction of sp³-hybridized carbons (Fsp3) is 0.333. The van der Waals surface area contributed by atoms with Crippen molar-refractivity contribution in [3.8, 4) is 16.9 Å². The first kappa shape index (κ1) is 26.5. The van der Waals surface area contributed by atoms with Gasteiger partial charge in [0.1, 0.15) is 0 Å². The van der Waals surface area contributed by atoms with Gasteiger partial charge in [0.25, 0.3) is 5.56 Å². The number of para-hydroxylation sites is 1. The minimum absolute atomic E-state index is 0.147. The molecule has 0 saturated carbocycles. The van der Waals surface area contributed by atoms with Crippen LogP contribution in [0.1, 0.15) is 26.0 Å². The zero-order valence-corrected chi connectivity index (χ0v) is 23.4. The van der Waals surface area contributed by atoms with Crippen LogP contribution in [0.4, 0.5) is 5.69 Å². The summed E-state index contributed by atoms with van der Waals surface area (Å²) in [5, 5.41) is 3.30. The van der Waals surface area contributed by atoms with E-state index in [2.05, 4.69) is 23.3 Å². The summed E-state index contributed by atoms with van der Waals surface area (Å²) < 4.78 is 5.66. The molecular formula is C27H31Cl2N5OS. The lowest BCUT2D eigenvalue weighted by Gasteiger charge is -2.18. The van der Waals surface area contributed by atoms with Gasteiger partial charge in [0.2, 0.25) is 0 Å². The van der Waals surface area contributed by atoms with E-state index < -0.39 is 0 Å². The Morgan fingerprint density at radius 2 is 1.78 bits per heavy atom. The van der Waals surface area contributed by atoms with Crippen LogP contribution in [0.3, 0.4) is 0 Å². The van der Waals surface area contributed by atoms with Gasteiger partial charge in [-0.1, -0.05) is 55.2 Å². The summed E-state index contributed by atoms with van der Waals surface area (Å²) in [5.74, 6) is 0. The van der Waals surface area contributed by atoms with Crippen LogP contribution in [0.25, 0.3) is 16.9 Å². The van der Waals surface area contributed by atoms with Crippen LogP contribution in [-0.4, -0.2) is 38.5 Å². The Labute approximate surface area is 225 Å².